The lowest BCUT2D eigenvalue weighted by molar-refractivity contribution is -0.141. The van der Waals surface area contributed by atoms with Crippen molar-refractivity contribution in [3.8, 4) is 0 Å². The second-order valence-electron chi connectivity index (χ2n) is 1.74. The van der Waals surface area contributed by atoms with Crippen LogP contribution in [0.25, 0.3) is 0 Å². The Morgan fingerprint density at radius 3 is 2.17 bits per heavy atom. The van der Waals surface area contributed by atoms with Crippen LogP contribution in [0.1, 0.15) is 12.8 Å². The molecular weight excluding hydrogens is 212 g/mol. The minimum atomic E-state index is -4.34. The maximum Gasteiger partial charge on any atom is 0.403 e. The van der Waals surface area contributed by atoms with E-state index in [2.05, 4.69) is 14.9 Å². The molecule has 12 heavy (non-hydrogen) atoms. The van der Waals surface area contributed by atoms with Gasteiger partial charge in [0.05, 0.1) is 23.5 Å². The van der Waals surface area contributed by atoms with Gasteiger partial charge in [0.15, 0.2) is 0 Å². The maximum atomic E-state index is 10.4. The van der Waals surface area contributed by atoms with E-state index in [-0.39, 0.29) is 0 Å². The summed E-state index contributed by atoms with van der Waals surface area (Å²) in [6, 6.07) is 0. The number of rotatable bonds is 4. The van der Waals surface area contributed by atoms with Gasteiger partial charge in [-0.1, -0.05) is 0 Å². The topological polar surface area (TPSA) is 97.7 Å². The third-order valence-corrected chi connectivity index (χ3v) is 1.31. The summed E-state index contributed by atoms with van der Waals surface area (Å²) >= 11 is 0. The fourth-order valence-corrected chi connectivity index (χ4v) is 0.878. The van der Waals surface area contributed by atoms with Crippen molar-refractivity contribution in [1.82, 2.24) is 0 Å². The first-order valence-electron chi connectivity index (χ1n) is 2.70. The highest BCUT2D eigenvalue weighted by atomic mass is 35.7. The van der Waals surface area contributed by atoms with Crippen LogP contribution in [0.5, 0.6) is 0 Å². The van der Waals surface area contributed by atoms with E-state index in [1.807, 2.05) is 0 Å². The van der Waals surface area contributed by atoms with Gasteiger partial charge < -0.3 is 9.29 Å². The fourth-order valence-electron chi connectivity index (χ4n) is 0.362. The summed E-state index contributed by atoms with van der Waals surface area (Å²) in [4.78, 5) is 20.3. The molecule has 0 aromatic heterocycles. The van der Waals surface area contributed by atoms with Crippen LogP contribution in [-0.4, -0.2) is 25.5 Å². The van der Waals surface area contributed by atoms with E-state index < -0.39 is 34.1 Å². The Kier molecular flexibility index (Phi) is 3.98. The largest absolute Gasteiger partial charge is 0.481 e. The number of carboxylic acid groups (broad SMARTS) is 1. The molecule has 0 atom stereocenters. The Morgan fingerprint density at radius 2 is 1.83 bits per heavy atom. The van der Waals surface area contributed by atoms with Gasteiger partial charge in [-0.15, -0.1) is 0 Å². The first-order chi connectivity index (χ1) is 5.31. The zero-order valence-electron chi connectivity index (χ0n) is 5.69. The quantitative estimate of drug-likeness (QED) is 0.658. The van der Waals surface area contributed by atoms with Gasteiger partial charge in [-0.3, -0.25) is 9.59 Å². The second-order valence-corrected chi connectivity index (χ2v) is 3.83. The van der Waals surface area contributed by atoms with Crippen molar-refractivity contribution < 1.29 is 27.3 Å². The zero-order chi connectivity index (χ0) is 9.78. The Balaban J connectivity index is 3.84. The molecule has 0 aliphatic heterocycles. The highest BCUT2D eigenvalue weighted by Gasteiger charge is 2.14. The molecule has 6 nitrogen and oxygen atoms in total. The molecule has 0 bridgehead atoms. The van der Waals surface area contributed by atoms with Gasteiger partial charge in [0.1, 0.15) is 0 Å². The third-order valence-electron chi connectivity index (χ3n) is 0.735. The van der Waals surface area contributed by atoms with Crippen LogP contribution in [0.3, 0.4) is 0 Å². The number of aliphatic carboxylic acids is 1. The van der Waals surface area contributed by atoms with E-state index in [0.29, 0.717) is 0 Å². The normalized spacial score (nSPS) is 10.8. The molecule has 0 aromatic rings. The zero-order valence-corrected chi connectivity index (χ0v) is 7.26. The van der Waals surface area contributed by atoms with Gasteiger partial charge in [-0.2, -0.15) is 8.42 Å². The van der Waals surface area contributed by atoms with Crippen molar-refractivity contribution in [3.05, 3.63) is 0 Å². The molecule has 0 aliphatic carbocycles. The Labute approximate surface area is 72.7 Å². The fraction of sp³-hybridized carbons (Fsp3) is 0.500. The first kappa shape index (κ1) is 11.2. The number of hydrogen-bond acceptors (Lipinski definition) is 5. The second kappa shape index (κ2) is 4.27. The Hall–Kier alpha value is -0.820. The summed E-state index contributed by atoms with van der Waals surface area (Å²) in [5.74, 6) is -2.41. The third kappa shape index (κ3) is 7.29. The molecule has 0 radical (unpaired) electrons. The van der Waals surface area contributed by atoms with E-state index in [9.17, 15) is 18.0 Å². The van der Waals surface area contributed by atoms with Crippen LogP contribution in [0, 0.1) is 0 Å². The van der Waals surface area contributed by atoms with Gasteiger partial charge >= 0.3 is 21.3 Å². The summed E-state index contributed by atoms with van der Waals surface area (Å²) in [6.45, 7) is 0. The SMILES string of the molecule is O=C(O)CCC(=O)OS(=O)(=O)Cl. The van der Waals surface area contributed by atoms with Crippen molar-refractivity contribution in [2.75, 3.05) is 0 Å². The van der Waals surface area contributed by atoms with E-state index in [1.54, 1.807) is 0 Å². The van der Waals surface area contributed by atoms with Gasteiger partial charge in [0.25, 0.3) is 0 Å². The predicted octanol–water partition coefficient (Wildman–Crippen LogP) is -0.122. The van der Waals surface area contributed by atoms with Crippen molar-refractivity contribution in [1.29, 1.82) is 0 Å². The first-order valence-corrected chi connectivity index (χ1v) is 4.93. The molecule has 0 spiro atoms. The van der Waals surface area contributed by atoms with Gasteiger partial charge in [0, 0.05) is 0 Å². The van der Waals surface area contributed by atoms with Crippen molar-refractivity contribution >= 4 is 32.0 Å². The average Bonchev–Trinajstić information content (AvgIpc) is 1.79. The number of carbonyl (C=O) groups is 2. The highest BCUT2D eigenvalue weighted by molar-refractivity contribution is 8.10. The number of hydrogen-bond donors (Lipinski definition) is 1. The standard InChI is InChI=1S/C4H5ClO6S/c5-12(9,10)11-4(8)2-1-3(6)7/h1-2H2,(H,6,7). The minimum Gasteiger partial charge on any atom is -0.481 e. The molecule has 0 aliphatic rings. The maximum absolute atomic E-state index is 10.4. The molecule has 8 heteroatoms. The molecule has 0 saturated heterocycles. The molecule has 0 saturated carbocycles. The molecular formula is C4H5ClO6S. The Bertz CT molecular complexity index is 280. The lowest BCUT2D eigenvalue weighted by atomic mass is 10.3. The molecule has 0 fully saturated rings. The van der Waals surface area contributed by atoms with Crippen LogP contribution in [0.4, 0.5) is 0 Å². The number of carboxylic acids is 1. The summed E-state index contributed by atoms with van der Waals surface area (Å²) in [5, 5.41) is 8.07. The molecule has 70 valence electrons. The lowest BCUT2D eigenvalue weighted by Crippen LogP contribution is -2.09. The van der Waals surface area contributed by atoms with E-state index >= 15 is 0 Å². The van der Waals surface area contributed by atoms with E-state index in [4.69, 9.17) is 5.11 Å². The summed E-state index contributed by atoms with van der Waals surface area (Å²) < 4.78 is 23.7. The smallest absolute Gasteiger partial charge is 0.403 e. The Morgan fingerprint density at radius 1 is 1.33 bits per heavy atom. The lowest BCUT2D eigenvalue weighted by Gasteiger charge is -1.96. The van der Waals surface area contributed by atoms with E-state index in [0.717, 1.165) is 0 Å². The number of carbonyl (C=O) groups excluding carboxylic acids is 1. The van der Waals surface area contributed by atoms with Crippen LogP contribution in [0.15, 0.2) is 0 Å². The van der Waals surface area contributed by atoms with Crippen LogP contribution in [-0.2, 0) is 23.1 Å². The minimum absolute atomic E-state index is 0.495. The molecule has 0 unspecified atom stereocenters. The van der Waals surface area contributed by atoms with Gasteiger partial charge in [-0.25, -0.2) is 0 Å². The van der Waals surface area contributed by atoms with Gasteiger partial charge in [0.2, 0.25) is 0 Å². The summed E-state index contributed by atoms with van der Waals surface area (Å²) in [6.07, 6.45) is -1.02. The van der Waals surface area contributed by atoms with Crippen LogP contribution < -0.4 is 0 Å². The molecule has 0 heterocycles. The molecule has 0 amide bonds. The average molecular weight is 217 g/mol. The predicted molar refractivity (Wildman–Crippen MR) is 37.7 cm³/mol. The molecule has 0 rings (SSSR count). The van der Waals surface area contributed by atoms with Crippen molar-refractivity contribution in [2.24, 2.45) is 0 Å². The van der Waals surface area contributed by atoms with E-state index in [1.165, 1.54) is 0 Å². The van der Waals surface area contributed by atoms with Gasteiger partial charge in [-0.05, 0) is 0 Å². The van der Waals surface area contributed by atoms with Crippen molar-refractivity contribution in [3.63, 3.8) is 0 Å². The number of halogens is 1. The molecule has 1 N–H and O–H groups in total. The van der Waals surface area contributed by atoms with Crippen LogP contribution >= 0.6 is 10.7 Å². The molecule has 0 aromatic carbocycles. The summed E-state index contributed by atoms with van der Waals surface area (Å²) in [7, 11) is 0.184. The highest BCUT2D eigenvalue weighted by Crippen LogP contribution is 2.02. The monoisotopic (exact) mass is 216 g/mol. The van der Waals surface area contributed by atoms with Crippen LogP contribution in [0.2, 0.25) is 0 Å². The van der Waals surface area contributed by atoms with Crippen molar-refractivity contribution in [2.45, 2.75) is 12.8 Å². The summed E-state index contributed by atoms with van der Waals surface area (Å²) in [5.41, 5.74) is 0.